The third-order valence-corrected chi connectivity index (χ3v) is 3.35. The number of aromatic amines is 1. The molecule has 100 valence electrons. The lowest BCUT2D eigenvalue weighted by atomic mass is 10.2. The molecule has 1 aromatic rings. The number of carbonyl (C=O) groups is 1. The fraction of sp³-hybridized carbons (Fsp3) is 0.692. The average molecular weight is 250 g/mol. The minimum absolute atomic E-state index is 0.160. The molecule has 4 N–H and O–H groups in total. The number of unbranched alkanes of at least 4 members (excludes halogenated alkanes) is 3. The van der Waals surface area contributed by atoms with E-state index in [9.17, 15) is 4.79 Å². The van der Waals surface area contributed by atoms with Crippen LogP contribution in [0.25, 0.3) is 0 Å². The Morgan fingerprint density at radius 3 is 2.89 bits per heavy atom. The monoisotopic (exact) mass is 250 g/mol. The van der Waals surface area contributed by atoms with E-state index in [4.69, 9.17) is 5.73 Å². The van der Waals surface area contributed by atoms with Crippen molar-refractivity contribution in [3.63, 3.8) is 0 Å². The molecule has 2 rings (SSSR count). The molecule has 1 aromatic heterocycles. The third kappa shape index (κ3) is 3.03. The van der Waals surface area contributed by atoms with Crippen LogP contribution < -0.4 is 11.1 Å². The summed E-state index contributed by atoms with van der Waals surface area (Å²) in [6.07, 6.45) is 6.87. The molecule has 0 spiro atoms. The maximum Gasteiger partial charge on any atom is 0.273 e. The van der Waals surface area contributed by atoms with E-state index in [1.165, 1.54) is 12.8 Å². The van der Waals surface area contributed by atoms with Crippen molar-refractivity contribution in [3.05, 3.63) is 11.4 Å². The van der Waals surface area contributed by atoms with Gasteiger partial charge in [-0.05, 0) is 19.3 Å². The number of nitrogens with one attached hydrogen (secondary N) is 2. The fourth-order valence-corrected chi connectivity index (χ4v) is 2.06. The first-order valence-corrected chi connectivity index (χ1v) is 6.86. The van der Waals surface area contributed by atoms with Gasteiger partial charge in [0.15, 0.2) is 5.69 Å². The summed E-state index contributed by atoms with van der Waals surface area (Å²) in [4.78, 5) is 11.9. The normalized spacial score (nSPS) is 14.7. The highest BCUT2D eigenvalue weighted by atomic mass is 16.1. The Labute approximate surface area is 108 Å². The molecule has 1 amide bonds. The zero-order chi connectivity index (χ0) is 13.0. The van der Waals surface area contributed by atoms with Crippen molar-refractivity contribution in [3.8, 4) is 0 Å². The number of carbonyl (C=O) groups excluding carboxylic acids is 1. The number of nitrogen functional groups attached to an aromatic ring is 1. The van der Waals surface area contributed by atoms with E-state index < -0.39 is 0 Å². The molecule has 1 aliphatic rings. The van der Waals surface area contributed by atoms with Gasteiger partial charge in [-0.2, -0.15) is 5.10 Å². The first kappa shape index (κ1) is 12.9. The van der Waals surface area contributed by atoms with Gasteiger partial charge in [-0.25, -0.2) is 0 Å². The number of anilines is 1. The molecule has 1 fully saturated rings. The number of aromatic nitrogens is 2. The zero-order valence-electron chi connectivity index (χ0n) is 11.0. The second-order valence-electron chi connectivity index (χ2n) is 4.99. The minimum Gasteiger partial charge on any atom is -0.395 e. The summed E-state index contributed by atoms with van der Waals surface area (Å²) >= 11 is 0. The standard InChI is InChI=1S/C13H22N4O/c1-2-3-4-5-8-15-13(18)12-10(14)11(16-17-12)9-6-7-9/h9H,2-8,14H2,1H3,(H,15,18)(H,16,17). The molecule has 5 nitrogen and oxygen atoms in total. The largest absolute Gasteiger partial charge is 0.395 e. The first-order chi connectivity index (χ1) is 8.74. The molecule has 1 saturated carbocycles. The number of hydrogen-bond donors (Lipinski definition) is 3. The van der Waals surface area contributed by atoms with Crippen molar-refractivity contribution in [2.75, 3.05) is 12.3 Å². The highest BCUT2D eigenvalue weighted by Crippen LogP contribution is 2.42. The van der Waals surface area contributed by atoms with Gasteiger partial charge >= 0.3 is 0 Å². The number of amides is 1. The van der Waals surface area contributed by atoms with E-state index in [0.29, 0.717) is 23.8 Å². The highest BCUT2D eigenvalue weighted by molar-refractivity contribution is 5.97. The third-order valence-electron chi connectivity index (χ3n) is 3.35. The van der Waals surface area contributed by atoms with Crippen LogP contribution in [0.1, 0.15) is 67.5 Å². The van der Waals surface area contributed by atoms with Gasteiger partial charge in [-0.15, -0.1) is 0 Å². The fourth-order valence-electron chi connectivity index (χ4n) is 2.06. The number of hydrogen-bond acceptors (Lipinski definition) is 3. The molecule has 1 aliphatic carbocycles. The van der Waals surface area contributed by atoms with Crippen molar-refractivity contribution in [1.82, 2.24) is 15.5 Å². The SMILES string of the molecule is CCCCCCNC(=O)c1n[nH]c(C2CC2)c1N. The Hall–Kier alpha value is -1.52. The second-order valence-corrected chi connectivity index (χ2v) is 4.99. The summed E-state index contributed by atoms with van der Waals surface area (Å²) in [6, 6.07) is 0. The van der Waals surface area contributed by atoms with Gasteiger partial charge in [0.05, 0.1) is 11.4 Å². The average Bonchev–Trinajstić information content (AvgIpc) is 3.12. The van der Waals surface area contributed by atoms with Gasteiger partial charge < -0.3 is 11.1 Å². The van der Waals surface area contributed by atoms with Crippen LogP contribution in [0.4, 0.5) is 5.69 Å². The zero-order valence-corrected chi connectivity index (χ0v) is 11.0. The molecule has 0 saturated heterocycles. The van der Waals surface area contributed by atoms with E-state index in [1.807, 2.05) is 0 Å². The van der Waals surface area contributed by atoms with E-state index in [1.54, 1.807) is 0 Å². The van der Waals surface area contributed by atoms with Crippen LogP contribution in [0, 0.1) is 0 Å². The topological polar surface area (TPSA) is 83.8 Å². The van der Waals surface area contributed by atoms with Crippen LogP contribution in [0.15, 0.2) is 0 Å². The van der Waals surface area contributed by atoms with Crippen molar-refractivity contribution in [2.45, 2.75) is 51.4 Å². The molecule has 1 heterocycles. The Morgan fingerprint density at radius 2 is 2.22 bits per heavy atom. The van der Waals surface area contributed by atoms with E-state index in [0.717, 1.165) is 31.4 Å². The number of H-pyrrole nitrogens is 1. The van der Waals surface area contributed by atoms with Crippen LogP contribution in [0.2, 0.25) is 0 Å². The second kappa shape index (κ2) is 5.89. The van der Waals surface area contributed by atoms with Gasteiger partial charge in [0.25, 0.3) is 5.91 Å². The van der Waals surface area contributed by atoms with Gasteiger partial charge in [-0.3, -0.25) is 9.89 Å². The lowest BCUT2D eigenvalue weighted by Gasteiger charge is -2.03. The number of nitrogens with two attached hydrogens (primary N) is 1. The van der Waals surface area contributed by atoms with E-state index >= 15 is 0 Å². The van der Waals surface area contributed by atoms with Crippen LogP contribution in [-0.4, -0.2) is 22.6 Å². The molecular formula is C13H22N4O. The maximum absolute atomic E-state index is 11.9. The van der Waals surface area contributed by atoms with Gasteiger partial charge in [-0.1, -0.05) is 26.2 Å². The summed E-state index contributed by atoms with van der Waals surface area (Å²) < 4.78 is 0. The molecule has 0 aliphatic heterocycles. The lowest BCUT2D eigenvalue weighted by Crippen LogP contribution is -2.25. The summed E-state index contributed by atoms with van der Waals surface area (Å²) in [6.45, 7) is 2.87. The van der Waals surface area contributed by atoms with Gasteiger partial charge in [0.2, 0.25) is 0 Å². The predicted molar refractivity (Wildman–Crippen MR) is 71.5 cm³/mol. The van der Waals surface area contributed by atoms with Gasteiger partial charge in [0, 0.05) is 12.5 Å². The molecule has 0 unspecified atom stereocenters. The molecular weight excluding hydrogens is 228 g/mol. The van der Waals surface area contributed by atoms with Crippen LogP contribution in [0.3, 0.4) is 0 Å². The van der Waals surface area contributed by atoms with Gasteiger partial charge in [0.1, 0.15) is 0 Å². The van der Waals surface area contributed by atoms with Crippen molar-refractivity contribution in [1.29, 1.82) is 0 Å². The van der Waals surface area contributed by atoms with E-state index in [-0.39, 0.29) is 5.91 Å². The van der Waals surface area contributed by atoms with Crippen LogP contribution >= 0.6 is 0 Å². The Bertz CT molecular complexity index is 409. The number of nitrogens with zero attached hydrogens (tertiary/aromatic N) is 1. The summed E-state index contributed by atoms with van der Waals surface area (Å²) in [5.41, 5.74) is 7.76. The number of rotatable bonds is 7. The van der Waals surface area contributed by atoms with Crippen molar-refractivity contribution in [2.24, 2.45) is 0 Å². The minimum atomic E-state index is -0.160. The first-order valence-electron chi connectivity index (χ1n) is 6.86. The maximum atomic E-state index is 11.9. The summed E-state index contributed by atoms with van der Waals surface area (Å²) in [7, 11) is 0. The Balaban J connectivity index is 1.81. The lowest BCUT2D eigenvalue weighted by molar-refractivity contribution is 0.0949. The quantitative estimate of drug-likeness (QED) is 0.648. The molecule has 18 heavy (non-hydrogen) atoms. The smallest absolute Gasteiger partial charge is 0.273 e. The molecule has 0 aromatic carbocycles. The predicted octanol–water partition coefficient (Wildman–Crippen LogP) is 2.18. The van der Waals surface area contributed by atoms with Crippen molar-refractivity contribution < 1.29 is 4.79 Å². The molecule has 5 heteroatoms. The Kier molecular flexibility index (Phi) is 4.23. The van der Waals surface area contributed by atoms with E-state index in [2.05, 4.69) is 22.4 Å². The van der Waals surface area contributed by atoms with Crippen molar-refractivity contribution >= 4 is 11.6 Å². The molecule has 0 radical (unpaired) electrons. The van der Waals surface area contributed by atoms with Crippen LogP contribution in [-0.2, 0) is 0 Å². The summed E-state index contributed by atoms with van der Waals surface area (Å²) in [5.74, 6) is 0.329. The summed E-state index contributed by atoms with van der Waals surface area (Å²) in [5, 5.41) is 9.79. The highest BCUT2D eigenvalue weighted by Gasteiger charge is 2.30. The Morgan fingerprint density at radius 1 is 1.44 bits per heavy atom. The van der Waals surface area contributed by atoms with Crippen LogP contribution in [0.5, 0.6) is 0 Å². The molecule has 0 bridgehead atoms. The molecule has 0 atom stereocenters.